The number of nitrogens with zero attached hydrogens (tertiary/aromatic N) is 6. The monoisotopic (exact) mass is 496 g/mol. The van der Waals surface area contributed by atoms with Crippen LogP contribution in [0.5, 0.6) is 0 Å². The highest BCUT2D eigenvalue weighted by atomic mass is 35.5. The third-order valence-corrected chi connectivity index (χ3v) is 7.09. The highest BCUT2D eigenvalue weighted by Crippen LogP contribution is 2.30. The Morgan fingerprint density at radius 1 is 0.889 bits per heavy atom. The summed E-state index contributed by atoms with van der Waals surface area (Å²) in [6.45, 7) is 2.18. The van der Waals surface area contributed by atoms with E-state index in [0.717, 1.165) is 42.9 Å². The maximum absolute atomic E-state index is 13.5. The molecule has 5 aromatic rings. The average Bonchev–Trinajstić information content (AvgIpc) is 3.40. The smallest absolute Gasteiger partial charge is 0.267 e. The maximum atomic E-state index is 13.5. The van der Waals surface area contributed by atoms with Crippen LogP contribution < -0.4 is 5.56 Å². The maximum Gasteiger partial charge on any atom is 0.267 e. The van der Waals surface area contributed by atoms with Gasteiger partial charge < -0.3 is 9.47 Å². The minimum absolute atomic E-state index is 0.174. The van der Waals surface area contributed by atoms with Gasteiger partial charge in [-0.15, -0.1) is 0 Å². The van der Waals surface area contributed by atoms with E-state index in [1.54, 1.807) is 22.8 Å². The summed E-state index contributed by atoms with van der Waals surface area (Å²) < 4.78 is 3.84. The number of fused-ring (bicyclic) bond motifs is 1. The summed E-state index contributed by atoms with van der Waals surface area (Å²) in [6.07, 6.45) is 7.71. The molecule has 0 atom stereocenters. The van der Waals surface area contributed by atoms with Gasteiger partial charge in [-0.25, -0.2) is 19.5 Å². The third kappa shape index (κ3) is 4.10. The Labute approximate surface area is 213 Å². The minimum atomic E-state index is -0.174. The lowest BCUT2D eigenvalue weighted by atomic mass is 10.0. The molecule has 0 radical (unpaired) electrons. The number of piperidine rings is 1. The van der Waals surface area contributed by atoms with Crippen LogP contribution in [0.25, 0.3) is 39.5 Å². The van der Waals surface area contributed by atoms with Crippen molar-refractivity contribution in [2.75, 3.05) is 20.1 Å². The van der Waals surface area contributed by atoms with Gasteiger partial charge in [0.15, 0.2) is 0 Å². The number of aromatic nitrogens is 5. The Bertz CT molecular complexity index is 1580. The molecule has 3 aromatic heterocycles. The fourth-order valence-corrected chi connectivity index (χ4v) is 5.02. The third-order valence-electron chi connectivity index (χ3n) is 6.87. The van der Waals surface area contributed by atoms with Crippen molar-refractivity contribution >= 4 is 22.5 Å². The standard InChI is InChI=1S/C28H25ClN6O/c1-33-15-12-22(13-16-33)34-17-14-30-26(34)19-6-8-20(9-7-19)27-32-24-5-3-2-4-23(24)28(36)35(27)25-11-10-21(29)18-31-25/h2-11,14,17-18,22H,12-13,15-16H2,1H3. The van der Waals surface area contributed by atoms with Gasteiger partial charge in [-0.05, 0) is 57.2 Å². The highest BCUT2D eigenvalue weighted by Gasteiger charge is 2.21. The Balaban J connectivity index is 1.43. The van der Waals surface area contributed by atoms with Gasteiger partial charge in [0, 0.05) is 35.8 Å². The molecule has 36 heavy (non-hydrogen) atoms. The number of para-hydroxylation sites is 1. The number of benzene rings is 2. The second kappa shape index (κ2) is 9.33. The van der Waals surface area contributed by atoms with Gasteiger partial charge in [-0.1, -0.05) is 48.0 Å². The van der Waals surface area contributed by atoms with Crippen LogP contribution >= 0.6 is 11.6 Å². The lowest BCUT2D eigenvalue weighted by Gasteiger charge is -2.30. The predicted octanol–water partition coefficient (Wildman–Crippen LogP) is 5.23. The molecule has 0 aliphatic carbocycles. The van der Waals surface area contributed by atoms with E-state index in [9.17, 15) is 4.79 Å². The van der Waals surface area contributed by atoms with E-state index in [0.29, 0.717) is 33.6 Å². The molecule has 0 unspecified atom stereocenters. The number of pyridine rings is 1. The van der Waals surface area contributed by atoms with Gasteiger partial charge in [0.1, 0.15) is 17.5 Å². The zero-order valence-corrected chi connectivity index (χ0v) is 20.6. The fraction of sp³-hybridized carbons (Fsp3) is 0.214. The van der Waals surface area contributed by atoms with Crippen molar-refractivity contribution < 1.29 is 0 Å². The van der Waals surface area contributed by atoms with E-state index in [-0.39, 0.29) is 5.56 Å². The minimum Gasteiger partial charge on any atom is -0.328 e. The largest absolute Gasteiger partial charge is 0.328 e. The van der Waals surface area contributed by atoms with Crippen LogP contribution in [-0.4, -0.2) is 49.1 Å². The van der Waals surface area contributed by atoms with E-state index < -0.39 is 0 Å². The van der Waals surface area contributed by atoms with Gasteiger partial charge in [0.25, 0.3) is 5.56 Å². The molecule has 4 heterocycles. The van der Waals surface area contributed by atoms with Crippen molar-refractivity contribution in [2.24, 2.45) is 0 Å². The summed E-state index contributed by atoms with van der Waals surface area (Å²) >= 11 is 6.06. The summed E-state index contributed by atoms with van der Waals surface area (Å²) in [6, 6.07) is 19.3. The molecule has 1 aliphatic rings. The van der Waals surface area contributed by atoms with Crippen LogP contribution in [0.1, 0.15) is 18.9 Å². The quantitative estimate of drug-likeness (QED) is 0.341. The Kier molecular flexibility index (Phi) is 5.87. The van der Waals surface area contributed by atoms with Crippen LogP contribution in [0.2, 0.25) is 5.02 Å². The summed E-state index contributed by atoms with van der Waals surface area (Å²) in [5, 5.41) is 1.04. The molecule has 7 nitrogen and oxygen atoms in total. The van der Waals surface area contributed by atoms with Crippen LogP contribution in [0.4, 0.5) is 0 Å². The molecule has 0 spiro atoms. The molecule has 0 N–H and O–H groups in total. The number of likely N-dealkylation sites (tertiary alicyclic amines) is 1. The average molecular weight is 497 g/mol. The van der Waals surface area contributed by atoms with Crippen LogP contribution in [0.15, 0.2) is 84.0 Å². The van der Waals surface area contributed by atoms with Crippen molar-refractivity contribution in [1.29, 1.82) is 0 Å². The zero-order chi connectivity index (χ0) is 24.6. The van der Waals surface area contributed by atoms with Gasteiger partial charge in [-0.3, -0.25) is 4.79 Å². The van der Waals surface area contributed by atoms with Crippen molar-refractivity contribution in [3.8, 4) is 28.6 Å². The molecular formula is C28H25ClN6O. The molecule has 1 fully saturated rings. The Hall–Kier alpha value is -3.81. The summed E-state index contributed by atoms with van der Waals surface area (Å²) in [7, 11) is 2.17. The lowest BCUT2D eigenvalue weighted by molar-refractivity contribution is 0.222. The Morgan fingerprint density at radius 2 is 1.61 bits per heavy atom. The second-order valence-electron chi connectivity index (χ2n) is 9.20. The molecule has 2 aromatic carbocycles. The topological polar surface area (TPSA) is 68.8 Å². The van der Waals surface area contributed by atoms with Gasteiger partial charge >= 0.3 is 0 Å². The first-order valence-corrected chi connectivity index (χ1v) is 12.4. The van der Waals surface area contributed by atoms with Crippen molar-refractivity contribution in [2.45, 2.75) is 18.9 Å². The molecule has 1 aliphatic heterocycles. The summed E-state index contributed by atoms with van der Waals surface area (Å²) in [4.78, 5) is 29.8. The SMILES string of the molecule is CN1CCC(n2ccnc2-c2ccc(-c3nc4ccccc4c(=O)n3-c3ccc(Cl)cn3)cc2)CC1. The van der Waals surface area contributed by atoms with E-state index in [1.807, 2.05) is 48.7 Å². The molecule has 0 saturated carbocycles. The molecule has 0 amide bonds. The number of imidazole rings is 1. The molecular weight excluding hydrogens is 472 g/mol. The van der Waals surface area contributed by atoms with Gasteiger partial charge in [0.2, 0.25) is 0 Å². The van der Waals surface area contributed by atoms with Crippen molar-refractivity contribution in [3.05, 3.63) is 94.6 Å². The van der Waals surface area contributed by atoms with E-state index in [2.05, 4.69) is 32.7 Å². The first-order chi connectivity index (χ1) is 17.6. The first-order valence-electron chi connectivity index (χ1n) is 12.0. The molecule has 0 bridgehead atoms. The van der Waals surface area contributed by atoms with Crippen LogP contribution in [0.3, 0.4) is 0 Å². The second-order valence-corrected chi connectivity index (χ2v) is 9.63. The van der Waals surface area contributed by atoms with Crippen LogP contribution in [-0.2, 0) is 0 Å². The van der Waals surface area contributed by atoms with Crippen molar-refractivity contribution in [1.82, 2.24) is 29.0 Å². The molecule has 6 rings (SSSR count). The lowest BCUT2D eigenvalue weighted by Crippen LogP contribution is -2.31. The van der Waals surface area contributed by atoms with Crippen LogP contribution in [0, 0.1) is 0 Å². The van der Waals surface area contributed by atoms with Crippen molar-refractivity contribution in [3.63, 3.8) is 0 Å². The highest BCUT2D eigenvalue weighted by molar-refractivity contribution is 6.30. The number of rotatable bonds is 4. The molecule has 180 valence electrons. The van der Waals surface area contributed by atoms with E-state index >= 15 is 0 Å². The van der Waals surface area contributed by atoms with E-state index in [4.69, 9.17) is 16.6 Å². The van der Waals surface area contributed by atoms with E-state index in [1.165, 1.54) is 6.20 Å². The Morgan fingerprint density at radius 3 is 2.33 bits per heavy atom. The fourth-order valence-electron chi connectivity index (χ4n) is 4.91. The molecule has 8 heteroatoms. The number of hydrogen-bond acceptors (Lipinski definition) is 5. The number of hydrogen-bond donors (Lipinski definition) is 0. The summed E-state index contributed by atoms with van der Waals surface area (Å²) in [5.41, 5.74) is 2.31. The predicted molar refractivity (Wildman–Crippen MR) is 143 cm³/mol. The first kappa shape index (κ1) is 22.6. The molecule has 1 saturated heterocycles. The summed E-state index contributed by atoms with van der Waals surface area (Å²) in [5.74, 6) is 1.96. The zero-order valence-electron chi connectivity index (χ0n) is 19.9. The number of halogens is 1. The van der Waals surface area contributed by atoms with Gasteiger partial charge in [-0.2, -0.15) is 0 Å². The normalized spacial score (nSPS) is 14.9. The van der Waals surface area contributed by atoms with Gasteiger partial charge in [0.05, 0.1) is 15.9 Å².